The number of nitrogens with one attached hydrogen (secondary N) is 1. The first-order chi connectivity index (χ1) is 10.1. The van der Waals surface area contributed by atoms with Gasteiger partial charge in [0.25, 0.3) is 10.0 Å². The Labute approximate surface area is 132 Å². The van der Waals surface area contributed by atoms with Crippen LogP contribution in [0.25, 0.3) is 0 Å². The van der Waals surface area contributed by atoms with Crippen molar-refractivity contribution < 1.29 is 8.42 Å². The van der Waals surface area contributed by atoms with Gasteiger partial charge in [0.05, 0.1) is 0 Å². The molecule has 1 fully saturated rings. The molecule has 1 aliphatic rings. The summed E-state index contributed by atoms with van der Waals surface area (Å²) in [6.45, 7) is 7.33. The Morgan fingerprint density at radius 1 is 1.38 bits per heavy atom. The van der Waals surface area contributed by atoms with Gasteiger partial charge in [0.1, 0.15) is 4.21 Å². The lowest BCUT2D eigenvalue weighted by molar-refractivity contribution is 0.292. The second-order valence-electron chi connectivity index (χ2n) is 5.65. The molecular weight excluding hydrogens is 304 g/mol. The number of aryl methyl sites for hydroxylation is 1. The molecule has 0 aliphatic carbocycles. The van der Waals surface area contributed by atoms with E-state index in [-0.39, 0.29) is 0 Å². The largest absolute Gasteiger partial charge is 0.316 e. The molecule has 1 saturated heterocycles. The summed E-state index contributed by atoms with van der Waals surface area (Å²) in [7, 11) is -3.33. The van der Waals surface area contributed by atoms with E-state index in [2.05, 4.69) is 12.2 Å². The zero-order valence-corrected chi connectivity index (χ0v) is 14.6. The standard InChI is InChI=1S/C15H26N2O2S2/c1-3-10-17(12-13-6-5-9-16-11-13)21(18,19)15-8-7-14(4-2)20-15/h7-8,13,16H,3-6,9-12H2,1-2H3. The Morgan fingerprint density at radius 3 is 2.76 bits per heavy atom. The SMILES string of the molecule is CCCN(CC1CCCNC1)S(=O)(=O)c1ccc(CC)s1. The molecule has 0 spiro atoms. The average Bonchev–Trinajstić information content (AvgIpc) is 2.97. The van der Waals surface area contributed by atoms with Gasteiger partial charge in [-0.05, 0) is 56.8 Å². The Bertz CT molecular complexity index is 534. The van der Waals surface area contributed by atoms with Crippen LogP contribution < -0.4 is 5.32 Å². The molecule has 2 rings (SSSR count). The summed E-state index contributed by atoms with van der Waals surface area (Å²) in [6, 6.07) is 3.70. The van der Waals surface area contributed by atoms with E-state index in [4.69, 9.17) is 0 Å². The highest BCUT2D eigenvalue weighted by Gasteiger charge is 2.28. The minimum atomic E-state index is -3.33. The van der Waals surface area contributed by atoms with E-state index in [0.717, 1.165) is 43.6 Å². The van der Waals surface area contributed by atoms with Crippen LogP contribution in [0.2, 0.25) is 0 Å². The average molecular weight is 331 g/mol. The number of piperidine rings is 1. The summed E-state index contributed by atoms with van der Waals surface area (Å²) in [5, 5.41) is 3.37. The zero-order valence-electron chi connectivity index (χ0n) is 13.0. The van der Waals surface area contributed by atoms with Crippen LogP contribution >= 0.6 is 11.3 Å². The van der Waals surface area contributed by atoms with Crippen molar-refractivity contribution in [1.29, 1.82) is 0 Å². The van der Waals surface area contributed by atoms with Gasteiger partial charge < -0.3 is 5.32 Å². The monoisotopic (exact) mass is 330 g/mol. The molecule has 1 unspecified atom stereocenters. The molecule has 0 radical (unpaired) electrons. The summed E-state index contributed by atoms with van der Waals surface area (Å²) in [4.78, 5) is 1.13. The first-order valence-electron chi connectivity index (χ1n) is 7.87. The van der Waals surface area contributed by atoms with Gasteiger partial charge in [0.15, 0.2) is 0 Å². The maximum Gasteiger partial charge on any atom is 0.252 e. The molecule has 1 aliphatic heterocycles. The van der Waals surface area contributed by atoms with Crippen molar-refractivity contribution in [2.75, 3.05) is 26.2 Å². The van der Waals surface area contributed by atoms with Crippen LogP contribution in [0.15, 0.2) is 16.3 Å². The van der Waals surface area contributed by atoms with Crippen molar-refractivity contribution in [3.8, 4) is 0 Å². The van der Waals surface area contributed by atoms with Crippen LogP contribution in [0.1, 0.15) is 38.0 Å². The Morgan fingerprint density at radius 2 is 2.19 bits per heavy atom. The van der Waals surface area contributed by atoms with Gasteiger partial charge >= 0.3 is 0 Å². The predicted octanol–water partition coefficient (Wildman–Crippen LogP) is 2.71. The maximum atomic E-state index is 12.8. The lowest BCUT2D eigenvalue weighted by atomic mass is 10.00. The smallest absolute Gasteiger partial charge is 0.252 e. The van der Waals surface area contributed by atoms with Crippen molar-refractivity contribution in [1.82, 2.24) is 9.62 Å². The van der Waals surface area contributed by atoms with Gasteiger partial charge in [0.2, 0.25) is 0 Å². The molecule has 0 saturated carbocycles. The van der Waals surface area contributed by atoms with E-state index in [9.17, 15) is 8.42 Å². The van der Waals surface area contributed by atoms with Crippen molar-refractivity contribution >= 4 is 21.4 Å². The number of nitrogens with zero attached hydrogens (tertiary/aromatic N) is 1. The topological polar surface area (TPSA) is 49.4 Å². The minimum absolute atomic E-state index is 0.436. The first kappa shape index (κ1) is 16.9. The van der Waals surface area contributed by atoms with E-state index in [1.807, 2.05) is 13.0 Å². The van der Waals surface area contributed by atoms with Crippen LogP contribution in [0, 0.1) is 5.92 Å². The Kier molecular flexibility index (Phi) is 6.22. The molecule has 120 valence electrons. The van der Waals surface area contributed by atoms with Crippen LogP contribution in [-0.2, 0) is 16.4 Å². The fourth-order valence-corrected chi connectivity index (χ4v) is 5.80. The van der Waals surface area contributed by atoms with Crippen molar-refractivity contribution in [2.45, 2.75) is 43.7 Å². The fraction of sp³-hybridized carbons (Fsp3) is 0.733. The zero-order chi connectivity index (χ0) is 15.3. The molecule has 1 N–H and O–H groups in total. The third-order valence-corrected chi connectivity index (χ3v) is 7.48. The lowest BCUT2D eigenvalue weighted by Crippen LogP contribution is -2.41. The summed E-state index contributed by atoms with van der Waals surface area (Å²) in [6.07, 6.45) is 4.00. The van der Waals surface area contributed by atoms with Gasteiger partial charge in [-0.2, -0.15) is 4.31 Å². The number of sulfonamides is 1. The Hall–Kier alpha value is -0.430. The summed E-state index contributed by atoms with van der Waals surface area (Å²) >= 11 is 1.41. The van der Waals surface area contributed by atoms with Gasteiger partial charge in [-0.25, -0.2) is 8.42 Å². The van der Waals surface area contributed by atoms with Crippen molar-refractivity contribution in [3.05, 3.63) is 17.0 Å². The second-order valence-corrected chi connectivity index (χ2v) is 8.98. The van der Waals surface area contributed by atoms with E-state index >= 15 is 0 Å². The van der Waals surface area contributed by atoms with E-state index in [1.165, 1.54) is 11.3 Å². The summed E-state index contributed by atoms with van der Waals surface area (Å²) in [5.74, 6) is 0.436. The second kappa shape index (κ2) is 7.72. The van der Waals surface area contributed by atoms with Gasteiger partial charge in [-0.1, -0.05) is 13.8 Å². The van der Waals surface area contributed by atoms with E-state index in [0.29, 0.717) is 23.2 Å². The minimum Gasteiger partial charge on any atom is -0.316 e. The molecule has 0 aromatic carbocycles. The maximum absolute atomic E-state index is 12.8. The number of rotatable bonds is 7. The van der Waals surface area contributed by atoms with Gasteiger partial charge in [-0.15, -0.1) is 11.3 Å². The van der Waals surface area contributed by atoms with Crippen LogP contribution in [0.4, 0.5) is 0 Å². The molecule has 1 atom stereocenters. The normalized spacial score (nSPS) is 20.0. The summed E-state index contributed by atoms with van der Waals surface area (Å²) < 4.78 is 27.9. The van der Waals surface area contributed by atoms with Crippen LogP contribution in [0.5, 0.6) is 0 Å². The number of thiophene rings is 1. The highest BCUT2D eigenvalue weighted by molar-refractivity contribution is 7.91. The molecule has 0 amide bonds. The Balaban J connectivity index is 2.14. The highest BCUT2D eigenvalue weighted by Crippen LogP contribution is 2.26. The third-order valence-electron chi connectivity index (χ3n) is 3.91. The first-order valence-corrected chi connectivity index (χ1v) is 10.1. The van der Waals surface area contributed by atoms with Gasteiger partial charge in [-0.3, -0.25) is 0 Å². The molecule has 0 bridgehead atoms. The molecule has 21 heavy (non-hydrogen) atoms. The molecule has 1 aromatic rings. The molecular formula is C15H26N2O2S2. The lowest BCUT2D eigenvalue weighted by Gasteiger charge is -2.29. The number of hydrogen-bond acceptors (Lipinski definition) is 4. The summed E-state index contributed by atoms with van der Waals surface area (Å²) in [5.41, 5.74) is 0. The van der Waals surface area contributed by atoms with Crippen LogP contribution in [-0.4, -0.2) is 38.9 Å². The third kappa shape index (κ3) is 4.28. The molecule has 6 heteroatoms. The fourth-order valence-electron chi connectivity index (χ4n) is 2.74. The quantitative estimate of drug-likeness (QED) is 0.836. The van der Waals surface area contributed by atoms with Crippen LogP contribution in [0.3, 0.4) is 0 Å². The predicted molar refractivity (Wildman–Crippen MR) is 88.3 cm³/mol. The van der Waals surface area contributed by atoms with Gasteiger partial charge in [0, 0.05) is 18.0 Å². The van der Waals surface area contributed by atoms with Crippen molar-refractivity contribution in [3.63, 3.8) is 0 Å². The van der Waals surface area contributed by atoms with E-state index < -0.39 is 10.0 Å². The van der Waals surface area contributed by atoms with Crippen molar-refractivity contribution in [2.24, 2.45) is 5.92 Å². The number of hydrogen-bond donors (Lipinski definition) is 1. The molecule has 1 aromatic heterocycles. The molecule has 4 nitrogen and oxygen atoms in total. The highest BCUT2D eigenvalue weighted by atomic mass is 32.2. The molecule has 2 heterocycles. The van der Waals surface area contributed by atoms with E-state index in [1.54, 1.807) is 10.4 Å².